The van der Waals surface area contributed by atoms with Crippen molar-refractivity contribution in [1.29, 1.82) is 0 Å². The molecule has 0 aliphatic carbocycles. The van der Waals surface area contributed by atoms with Crippen molar-refractivity contribution >= 4 is 29.1 Å². The number of rotatable bonds is 4. The lowest BCUT2D eigenvalue weighted by molar-refractivity contribution is -0.136. The highest BCUT2D eigenvalue weighted by Gasteiger charge is 2.38. The van der Waals surface area contributed by atoms with Gasteiger partial charge in [0.25, 0.3) is 0 Å². The quantitative estimate of drug-likeness (QED) is 0.569. The monoisotopic (exact) mass is 464 g/mol. The summed E-state index contributed by atoms with van der Waals surface area (Å²) < 4.78 is 5.52. The van der Waals surface area contributed by atoms with E-state index in [0.29, 0.717) is 36.4 Å². The molecule has 5 rings (SSSR count). The number of anilines is 1. The first-order valence-electron chi connectivity index (χ1n) is 11.2. The van der Waals surface area contributed by atoms with Crippen molar-refractivity contribution < 1.29 is 14.1 Å². The van der Waals surface area contributed by atoms with E-state index < -0.39 is 0 Å². The number of amides is 2. The molecule has 0 N–H and O–H groups in total. The number of likely N-dealkylation sites (tertiary alicyclic amines) is 1. The van der Waals surface area contributed by atoms with Gasteiger partial charge in [0.05, 0.1) is 5.92 Å². The van der Waals surface area contributed by atoms with Crippen LogP contribution in [0.15, 0.2) is 53.1 Å². The van der Waals surface area contributed by atoms with Crippen molar-refractivity contribution in [2.75, 3.05) is 24.5 Å². The Labute approximate surface area is 197 Å². The Morgan fingerprint density at radius 1 is 1.06 bits per heavy atom. The van der Waals surface area contributed by atoms with Crippen LogP contribution in [0.1, 0.15) is 36.6 Å². The van der Waals surface area contributed by atoms with Gasteiger partial charge in [0.15, 0.2) is 0 Å². The number of aromatic nitrogens is 2. The molecule has 0 radical (unpaired) electrons. The standard InChI is InChI=1S/C25H25ClN4O3/c1-16-2-8-21(9-3-16)30-15-19(14-22(30)31)25(32)29-12-10-18(11-13-29)24-27-23(28-33-24)17-4-6-20(26)7-5-17/h2-9,18-19H,10-15H2,1H3. The molecular weight excluding hydrogens is 440 g/mol. The number of piperidine rings is 1. The third-order valence-electron chi connectivity index (χ3n) is 6.52. The summed E-state index contributed by atoms with van der Waals surface area (Å²) in [6, 6.07) is 15.2. The molecule has 2 fully saturated rings. The van der Waals surface area contributed by atoms with E-state index >= 15 is 0 Å². The Morgan fingerprint density at radius 3 is 2.45 bits per heavy atom. The molecule has 2 saturated heterocycles. The fourth-order valence-electron chi connectivity index (χ4n) is 4.57. The average Bonchev–Trinajstić information content (AvgIpc) is 3.47. The number of aryl methyl sites for hydroxylation is 1. The van der Waals surface area contributed by atoms with E-state index in [4.69, 9.17) is 16.1 Å². The van der Waals surface area contributed by atoms with Gasteiger partial charge in [-0.15, -0.1) is 0 Å². The SMILES string of the molecule is Cc1ccc(N2CC(C(=O)N3CCC(c4nc(-c5ccc(Cl)cc5)no4)CC3)CC2=O)cc1. The summed E-state index contributed by atoms with van der Waals surface area (Å²) in [7, 11) is 0. The van der Waals surface area contributed by atoms with Crippen LogP contribution in [0.4, 0.5) is 5.69 Å². The van der Waals surface area contributed by atoms with E-state index in [2.05, 4.69) is 10.1 Å². The molecule has 2 aliphatic rings. The number of halogens is 1. The lowest BCUT2D eigenvalue weighted by Gasteiger charge is -2.32. The van der Waals surface area contributed by atoms with Crippen molar-refractivity contribution in [1.82, 2.24) is 15.0 Å². The molecule has 0 spiro atoms. The van der Waals surface area contributed by atoms with Crippen molar-refractivity contribution in [2.45, 2.75) is 32.1 Å². The van der Waals surface area contributed by atoms with Gasteiger partial charge in [-0.25, -0.2) is 0 Å². The van der Waals surface area contributed by atoms with Gasteiger partial charge < -0.3 is 14.3 Å². The second-order valence-electron chi connectivity index (χ2n) is 8.80. The Hall–Kier alpha value is -3.19. The molecule has 33 heavy (non-hydrogen) atoms. The lowest BCUT2D eigenvalue weighted by atomic mass is 9.95. The Balaban J connectivity index is 1.18. The van der Waals surface area contributed by atoms with Crippen LogP contribution >= 0.6 is 11.6 Å². The molecule has 7 nitrogen and oxygen atoms in total. The van der Waals surface area contributed by atoms with Gasteiger partial charge in [-0.3, -0.25) is 9.59 Å². The van der Waals surface area contributed by atoms with Gasteiger partial charge in [-0.05, 0) is 56.2 Å². The second kappa shape index (κ2) is 8.98. The second-order valence-corrected chi connectivity index (χ2v) is 9.24. The van der Waals surface area contributed by atoms with Crippen molar-refractivity contribution in [2.24, 2.45) is 5.92 Å². The molecule has 1 aromatic heterocycles. The molecule has 1 atom stereocenters. The summed E-state index contributed by atoms with van der Waals surface area (Å²) in [5, 5.41) is 4.76. The molecule has 2 amide bonds. The van der Waals surface area contributed by atoms with Crippen molar-refractivity contribution in [3.05, 3.63) is 65.0 Å². The van der Waals surface area contributed by atoms with Gasteiger partial charge in [-0.1, -0.05) is 34.5 Å². The molecule has 8 heteroatoms. The topological polar surface area (TPSA) is 79.5 Å². The maximum Gasteiger partial charge on any atom is 0.230 e. The van der Waals surface area contributed by atoms with Crippen molar-refractivity contribution in [3.63, 3.8) is 0 Å². The molecule has 0 bridgehead atoms. The first kappa shape index (κ1) is 21.6. The summed E-state index contributed by atoms with van der Waals surface area (Å²) >= 11 is 5.95. The fraction of sp³-hybridized carbons (Fsp3) is 0.360. The van der Waals surface area contributed by atoms with E-state index in [-0.39, 0.29) is 30.1 Å². The molecule has 3 aromatic rings. The predicted octanol–water partition coefficient (Wildman–Crippen LogP) is 4.46. The Kier molecular flexibility index (Phi) is 5.89. The summed E-state index contributed by atoms with van der Waals surface area (Å²) in [6.45, 7) is 3.70. The minimum absolute atomic E-state index is 0.00711. The zero-order valence-electron chi connectivity index (χ0n) is 18.4. The zero-order chi connectivity index (χ0) is 22.9. The summed E-state index contributed by atoms with van der Waals surface area (Å²) in [5.41, 5.74) is 2.85. The Bertz CT molecular complexity index is 1150. The van der Waals surface area contributed by atoms with Crippen molar-refractivity contribution in [3.8, 4) is 11.4 Å². The molecule has 170 valence electrons. The van der Waals surface area contributed by atoms with Gasteiger partial charge in [-0.2, -0.15) is 4.98 Å². The first-order chi connectivity index (χ1) is 16.0. The fourth-order valence-corrected chi connectivity index (χ4v) is 4.70. The van der Waals surface area contributed by atoms with Gasteiger partial charge >= 0.3 is 0 Å². The maximum absolute atomic E-state index is 13.1. The van der Waals surface area contributed by atoms with Crippen LogP contribution in [-0.2, 0) is 9.59 Å². The highest BCUT2D eigenvalue weighted by molar-refractivity contribution is 6.30. The molecule has 2 aliphatic heterocycles. The summed E-state index contributed by atoms with van der Waals surface area (Å²) in [4.78, 5) is 33.8. The van der Waals surface area contributed by atoms with Crippen LogP contribution in [0.5, 0.6) is 0 Å². The third-order valence-corrected chi connectivity index (χ3v) is 6.77. The molecule has 0 saturated carbocycles. The number of carbonyl (C=O) groups is 2. The van der Waals surface area contributed by atoms with Crippen LogP contribution in [0, 0.1) is 12.8 Å². The van der Waals surface area contributed by atoms with E-state index in [1.165, 1.54) is 0 Å². The Morgan fingerprint density at radius 2 is 1.76 bits per heavy atom. The van der Waals surface area contributed by atoms with E-state index in [1.807, 2.05) is 48.2 Å². The van der Waals surface area contributed by atoms with E-state index in [1.54, 1.807) is 17.0 Å². The maximum atomic E-state index is 13.1. The average molecular weight is 465 g/mol. The molecule has 2 aromatic carbocycles. The normalized spacial score (nSPS) is 19.3. The van der Waals surface area contributed by atoms with E-state index in [9.17, 15) is 9.59 Å². The van der Waals surface area contributed by atoms with Gasteiger partial charge in [0.2, 0.25) is 23.5 Å². The number of hydrogen-bond donors (Lipinski definition) is 0. The van der Waals surface area contributed by atoms with Crippen LogP contribution < -0.4 is 4.90 Å². The zero-order valence-corrected chi connectivity index (χ0v) is 19.2. The molecular formula is C25H25ClN4O3. The van der Waals surface area contributed by atoms with Crippen LogP contribution in [-0.4, -0.2) is 46.5 Å². The van der Waals surface area contributed by atoms with Crippen LogP contribution in [0.3, 0.4) is 0 Å². The minimum atomic E-state index is -0.296. The smallest absolute Gasteiger partial charge is 0.230 e. The summed E-state index contributed by atoms with van der Waals surface area (Å²) in [6.07, 6.45) is 1.79. The number of carbonyl (C=O) groups excluding carboxylic acids is 2. The molecule has 1 unspecified atom stereocenters. The number of benzene rings is 2. The largest absolute Gasteiger partial charge is 0.342 e. The molecule has 3 heterocycles. The minimum Gasteiger partial charge on any atom is -0.342 e. The highest BCUT2D eigenvalue weighted by atomic mass is 35.5. The van der Waals surface area contributed by atoms with Gasteiger partial charge in [0, 0.05) is 48.2 Å². The lowest BCUT2D eigenvalue weighted by Crippen LogP contribution is -2.42. The first-order valence-corrected chi connectivity index (χ1v) is 11.6. The third kappa shape index (κ3) is 4.50. The van der Waals surface area contributed by atoms with Crippen LogP contribution in [0.25, 0.3) is 11.4 Å². The number of hydrogen-bond acceptors (Lipinski definition) is 5. The number of nitrogens with zero attached hydrogens (tertiary/aromatic N) is 4. The van der Waals surface area contributed by atoms with E-state index in [0.717, 1.165) is 29.7 Å². The highest BCUT2D eigenvalue weighted by Crippen LogP contribution is 2.31. The van der Waals surface area contributed by atoms with Crippen LogP contribution in [0.2, 0.25) is 5.02 Å². The van der Waals surface area contributed by atoms with Gasteiger partial charge in [0.1, 0.15) is 0 Å². The summed E-state index contributed by atoms with van der Waals surface area (Å²) in [5.74, 6) is 1.04. The predicted molar refractivity (Wildman–Crippen MR) is 125 cm³/mol.